The van der Waals surface area contributed by atoms with Gasteiger partial charge in [-0.05, 0) is 75.3 Å². The molecule has 8 nitrogen and oxygen atoms in total. The first-order valence-electron chi connectivity index (χ1n) is 16.1. The number of nitrogens with zero attached hydrogens (tertiary/aromatic N) is 2. The summed E-state index contributed by atoms with van der Waals surface area (Å²) < 4.78 is 67.4. The van der Waals surface area contributed by atoms with Crippen molar-refractivity contribution in [2.75, 3.05) is 29.5 Å². The van der Waals surface area contributed by atoms with E-state index in [9.17, 15) is 25.9 Å². The lowest BCUT2D eigenvalue weighted by atomic mass is 9.82. The Hall–Kier alpha value is -2.76. The molecule has 0 amide bonds. The zero-order chi connectivity index (χ0) is 34.8. The average molecular weight is 702 g/mol. The van der Waals surface area contributed by atoms with Crippen molar-refractivity contribution in [2.45, 2.75) is 84.5 Å². The summed E-state index contributed by atoms with van der Waals surface area (Å²) in [6.07, 6.45) is 7.89. The highest BCUT2D eigenvalue weighted by molar-refractivity contribution is 7.85. The second kappa shape index (κ2) is 14.4. The van der Waals surface area contributed by atoms with Gasteiger partial charge in [0.05, 0.1) is 25.7 Å². The average Bonchev–Trinajstić information content (AvgIpc) is 3.32. The van der Waals surface area contributed by atoms with Crippen molar-refractivity contribution in [3.05, 3.63) is 93.7 Å². The highest BCUT2D eigenvalue weighted by atomic mass is 35.5. The first-order chi connectivity index (χ1) is 21.9. The SMILES string of the molecule is C/C=C1\CCCC(/C=C2\N(CCCS(=O)(=O)[O-])c3ccccc3C2(C)C)=C1Cl.CC1=[N+](CCCS(=O)(=O)[O-])c2ccccc2C1(C)C. The number of benzene rings is 2. The van der Waals surface area contributed by atoms with Crippen LogP contribution in [0.4, 0.5) is 11.4 Å². The lowest BCUT2D eigenvalue weighted by Crippen LogP contribution is -2.28. The fourth-order valence-electron chi connectivity index (χ4n) is 6.85. The van der Waals surface area contributed by atoms with Crippen molar-refractivity contribution >= 4 is 48.9 Å². The summed E-state index contributed by atoms with van der Waals surface area (Å²) >= 11 is 6.67. The van der Waals surface area contributed by atoms with Crippen LogP contribution in [0.25, 0.3) is 0 Å². The molecule has 2 heterocycles. The normalized spacial score (nSPS) is 20.4. The molecule has 256 valence electrons. The van der Waals surface area contributed by atoms with Crippen molar-refractivity contribution in [3.63, 3.8) is 0 Å². The molecule has 3 aliphatic rings. The Morgan fingerprint density at radius 1 is 0.872 bits per heavy atom. The van der Waals surface area contributed by atoms with Gasteiger partial charge < -0.3 is 14.0 Å². The van der Waals surface area contributed by atoms with E-state index in [0.717, 1.165) is 46.9 Å². The predicted molar refractivity (Wildman–Crippen MR) is 189 cm³/mol. The van der Waals surface area contributed by atoms with Crippen LogP contribution in [0.15, 0.2) is 82.6 Å². The van der Waals surface area contributed by atoms with E-state index < -0.39 is 20.2 Å². The van der Waals surface area contributed by atoms with Gasteiger partial charge in [0.25, 0.3) is 0 Å². The summed E-state index contributed by atoms with van der Waals surface area (Å²) in [5.74, 6) is -0.662. The monoisotopic (exact) mass is 701 g/mol. The first-order valence-corrected chi connectivity index (χ1v) is 19.6. The van der Waals surface area contributed by atoms with Gasteiger partial charge in [0.1, 0.15) is 6.54 Å². The van der Waals surface area contributed by atoms with E-state index in [2.05, 4.69) is 74.4 Å². The Bertz CT molecular complexity index is 1850. The second-order valence-electron chi connectivity index (χ2n) is 13.4. The van der Waals surface area contributed by atoms with E-state index in [0.29, 0.717) is 25.9 Å². The maximum Gasteiger partial charge on any atom is 0.209 e. The fraction of sp³-hybridized carbons (Fsp3) is 0.472. The Morgan fingerprint density at radius 3 is 2.11 bits per heavy atom. The largest absolute Gasteiger partial charge is 0.748 e. The van der Waals surface area contributed by atoms with Crippen LogP contribution in [0.1, 0.15) is 84.8 Å². The standard InChI is InChI=1S/C22H28ClNO3S.C14H19NO3S/c1-4-16-9-7-10-17(21(16)23)15-20-22(2,3)18-11-5-6-12-19(18)24(20)13-8-14-28(25,26)27;1-11-14(2,3)12-7-4-5-8-13(12)15(11)9-6-10-19(16,17)18/h4-6,11-12,15H,7-10,13-14H2,1-3H3,(H,25,26,27);4-5,7-8H,6,9-10H2,1-3H3/p-1/b16-4+,20-15-;. The molecule has 0 radical (unpaired) electrons. The lowest BCUT2D eigenvalue weighted by Gasteiger charge is -2.29. The van der Waals surface area contributed by atoms with E-state index in [4.69, 9.17) is 11.6 Å². The molecule has 5 rings (SSSR count). The van der Waals surface area contributed by atoms with Crippen molar-refractivity contribution in [2.24, 2.45) is 0 Å². The molecule has 11 heteroatoms. The van der Waals surface area contributed by atoms with Gasteiger partial charge in [-0.1, -0.05) is 67.9 Å². The minimum Gasteiger partial charge on any atom is -0.748 e. The van der Waals surface area contributed by atoms with Crippen LogP contribution in [0.2, 0.25) is 0 Å². The Labute approximate surface area is 286 Å². The van der Waals surface area contributed by atoms with Crippen LogP contribution in [0.3, 0.4) is 0 Å². The molecule has 0 bridgehead atoms. The minimum atomic E-state index is -4.22. The number of hydrogen-bond donors (Lipinski definition) is 0. The zero-order valence-corrected chi connectivity index (χ0v) is 30.6. The molecular formula is C36H46ClN2O6S2-. The van der Waals surface area contributed by atoms with E-state index in [1.165, 1.54) is 22.4 Å². The van der Waals surface area contributed by atoms with Gasteiger partial charge in [-0.3, -0.25) is 0 Å². The van der Waals surface area contributed by atoms with Crippen molar-refractivity contribution in [1.82, 2.24) is 0 Å². The third kappa shape index (κ3) is 8.46. The van der Waals surface area contributed by atoms with Crippen LogP contribution in [0.5, 0.6) is 0 Å². The van der Waals surface area contributed by atoms with Crippen LogP contribution in [0, 0.1) is 0 Å². The van der Waals surface area contributed by atoms with Gasteiger partial charge >= 0.3 is 0 Å². The smallest absolute Gasteiger partial charge is 0.209 e. The van der Waals surface area contributed by atoms with Gasteiger partial charge in [0.15, 0.2) is 5.71 Å². The molecular weight excluding hydrogens is 656 g/mol. The van der Waals surface area contributed by atoms with E-state index in [-0.39, 0.29) is 22.3 Å². The summed E-state index contributed by atoms with van der Waals surface area (Å²) in [4.78, 5) is 2.15. The topological polar surface area (TPSA) is 121 Å². The van der Waals surface area contributed by atoms with E-state index in [1.807, 2.05) is 37.3 Å². The maximum absolute atomic E-state index is 11.1. The van der Waals surface area contributed by atoms with Crippen molar-refractivity contribution in [1.29, 1.82) is 0 Å². The first kappa shape index (κ1) is 37.1. The number of fused-ring (bicyclic) bond motifs is 2. The number of halogens is 1. The molecule has 0 N–H and O–H groups in total. The van der Waals surface area contributed by atoms with Crippen LogP contribution >= 0.6 is 11.6 Å². The minimum absolute atomic E-state index is 0.0487. The zero-order valence-electron chi connectivity index (χ0n) is 28.2. The van der Waals surface area contributed by atoms with Crippen molar-refractivity contribution < 1.29 is 30.5 Å². The Kier molecular flexibility index (Phi) is 11.3. The number of allylic oxidation sites excluding steroid dienone is 6. The molecule has 0 saturated heterocycles. The summed E-state index contributed by atoms with van der Waals surface area (Å²) in [7, 11) is -8.35. The molecule has 0 saturated carbocycles. The second-order valence-corrected chi connectivity index (χ2v) is 16.9. The molecule has 2 aromatic carbocycles. The van der Waals surface area contributed by atoms with Crippen LogP contribution < -0.4 is 4.90 Å². The fourth-order valence-corrected chi connectivity index (χ4v) is 8.16. The maximum atomic E-state index is 11.1. The number of para-hydroxylation sites is 2. The third-order valence-corrected chi connectivity index (χ3v) is 11.7. The molecule has 47 heavy (non-hydrogen) atoms. The Balaban J connectivity index is 0.000000229. The lowest BCUT2D eigenvalue weighted by molar-refractivity contribution is -0.438. The molecule has 0 atom stereocenters. The highest BCUT2D eigenvalue weighted by Crippen LogP contribution is 2.49. The molecule has 0 fully saturated rings. The summed E-state index contributed by atoms with van der Waals surface area (Å²) in [6, 6.07) is 16.3. The number of rotatable bonds is 9. The number of anilines is 1. The van der Waals surface area contributed by atoms with Crippen LogP contribution in [-0.2, 0) is 31.1 Å². The van der Waals surface area contributed by atoms with Gasteiger partial charge in [-0.25, -0.2) is 16.8 Å². The molecule has 2 aromatic rings. The van der Waals surface area contributed by atoms with Gasteiger partial charge in [-0.2, -0.15) is 4.58 Å². The van der Waals surface area contributed by atoms with Crippen molar-refractivity contribution in [3.8, 4) is 0 Å². The molecule has 0 unspecified atom stereocenters. The number of hydrogen-bond acceptors (Lipinski definition) is 7. The summed E-state index contributed by atoms with van der Waals surface area (Å²) in [6.45, 7) is 13.8. The molecule has 0 aromatic heterocycles. The van der Waals surface area contributed by atoms with E-state index >= 15 is 0 Å². The summed E-state index contributed by atoms with van der Waals surface area (Å²) in [5, 5.41) is 0.829. The van der Waals surface area contributed by atoms with Crippen LogP contribution in [-0.4, -0.2) is 60.8 Å². The molecule has 2 aliphatic heterocycles. The van der Waals surface area contributed by atoms with Gasteiger partial charge in [0.2, 0.25) is 5.69 Å². The molecule has 0 spiro atoms. The molecule has 1 aliphatic carbocycles. The highest BCUT2D eigenvalue weighted by Gasteiger charge is 2.42. The van der Waals surface area contributed by atoms with E-state index in [1.54, 1.807) is 0 Å². The third-order valence-electron chi connectivity index (χ3n) is 9.64. The summed E-state index contributed by atoms with van der Waals surface area (Å²) in [5.41, 5.74) is 8.95. The Morgan fingerprint density at radius 2 is 1.47 bits per heavy atom. The van der Waals surface area contributed by atoms with Gasteiger partial charge in [0, 0.05) is 64.9 Å². The quantitative estimate of drug-likeness (QED) is 0.200. The predicted octanol–water partition coefficient (Wildman–Crippen LogP) is 7.24. The van der Waals surface area contributed by atoms with Gasteiger partial charge in [-0.15, -0.1) is 0 Å².